The second-order valence-electron chi connectivity index (χ2n) is 6.07. The lowest BCUT2D eigenvalue weighted by molar-refractivity contribution is -0.116. The second-order valence-corrected chi connectivity index (χ2v) is 6.45. The molecule has 0 radical (unpaired) electrons. The van der Waals surface area contributed by atoms with Gasteiger partial charge in [0, 0.05) is 13.0 Å². The van der Waals surface area contributed by atoms with Crippen LogP contribution < -0.4 is 10.2 Å². The molecule has 0 atom stereocenters. The highest BCUT2D eigenvalue weighted by Crippen LogP contribution is 2.26. The van der Waals surface area contributed by atoms with Crippen molar-refractivity contribution < 1.29 is 18.4 Å². The molecule has 9 heteroatoms. The maximum absolute atomic E-state index is 13.5. The summed E-state index contributed by atoms with van der Waals surface area (Å²) in [5, 5.41) is 10.2. The zero-order valence-electron chi connectivity index (χ0n) is 15.2. The molecule has 3 aromatic rings. The SMILES string of the molecule is CC(=O)N(c1ccc(F)cc1)c1cc(NC(=O)Cc2cccc(F)c2Cl)cnn1. The van der Waals surface area contributed by atoms with E-state index in [4.69, 9.17) is 11.6 Å². The first-order valence-electron chi connectivity index (χ1n) is 8.47. The Hall–Kier alpha value is -3.39. The molecular formula is C20H15ClF2N4O2. The summed E-state index contributed by atoms with van der Waals surface area (Å²) < 4.78 is 26.7. The highest BCUT2D eigenvalue weighted by Gasteiger charge is 2.17. The number of hydrogen-bond donors (Lipinski definition) is 1. The van der Waals surface area contributed by atoms with E-state index in [9.17, 15) is 18.4 Å². The van der Waals surface area contributed by atoms with Gasteiger partial charge in [0.25, 0.3) is 0 Å². The zero-order chi connectivity index (χ0) is 21.0. The van der Waals surface area contributed by atoms with Gasteiger partial charge in [-0.1, -0.05) is 23.7 Å². The number of anilines is 3. The van der Waals surface area contributed by atoms with E-state index in [-0.39, 0.29) is 28.9 Å². The average Bonchev–Trinajstić information content (AvgIpc) is 2.67. The van der Waals surface area contributed by atoms with E-state index in [1.807, 2.05) is 0 Å². The highest BCUT2D eigenvalue weighted by atomic mass is 35.5. The number of rotatable bonds is 5. The summed E-state index contributed by atoms with van der Waals surface area (Å²) in [5.41, 5.74) is 1.01. The van der Waals surface area contributed by atoms with E-state index >= 15 is 0 Å². The maximum Gasteiger partial charge on any atom is 0.229 e. The minimum absolute atomic E-state index is 0.116. The Kier molecular flexibility index (Phi) is 6.13. The summed E-state index contributed by atoms with van der Waals surface area (Å²) >= 11 is 5.87. The number of aromatic nitrogens is 2. The van der Waals surface area contributed by atoms with Gasteiger partial charge in [-0.25, -0.2) is 8.78 Å². The van der Waals surface area contributed by atoms with Gasteiger partial charge >= 0.3 is 0 Å². The van der Waals surface area contributed by atoms with Crippen molar-refractivity contribution in [2.75, 3.05) is 10.2 Å². The Morgan fingerprint density at radius 3 is 2.55 bits per heavy atom. The van der Waals surface area contributed by atoms with E-state index in [0.717, 1.165) is 0 Å². The Morgan fingerprint density at radius 1 is 1.14 bits per heavy atom. The zero-order valence-corrected chi connectivity index (χ0v) is 16.0. The fraction of sp³-hybridized carbons (Fsp3) is 0.100. The Balaban J connectivity index is 1.81. The molecule has 2 amide bonds. The molecule has 0 aliphatic carbocycles. The monoisotopic (exact) mass is 416 g/mol. The van der Waals surface area contributed by atoms with Crippen molar-refractivity contribution in [1.82, 2.24) is 10.2 Å². The molecule has 1 N–H and O–H groups in total. The van der Waals surface area contributed by atoms with E-state index in [1.54, 1.807) is 6.07 Å². The van der Waals surface area contributed by atoms with Crippen LogP contribution in [0.2, 0.25) is 5.02 Å². The summed E-state index contributed by atoms with van der Waals surface area (Å²) in [7, 11) is 0. The summed E-state index contributed by atoms with van der Waals surface area (Å²) in [4.78, 5) is 25.6. The summed E-state index contributed by atoms with van der Waals surface area (Å²) in [6, 6.07) is 10.9. The van der Waals surface area contributed by atoms with Gasteiger partial charge in [-0.3, -0.25) is 14.5 Å². The van der Waals surface area contributed by atoms with Crippen molar-refractivity contribution >= 4 is 40.6 Å². The normalized spacial score (nSPS) is 10.5. The molecule has 0 bridgehead atoms. The Bertz CT molecular complexity index is 1060. The number of nitrogens with one attached hydrogen (secondary N) is 1. The smallest absolute Gasteiger partial charge is 0.229 e. The molecular weight excluding hydrogens is 402 g/mol. The van der Waals surface area contributed by atoms with Crippen LogP contribution >= 0.6 is 11.6 Å². The molecule has 0 spiro atoms. The van der Waals surface area contributed by atoms with Gasteiger partial charge in [-0.15, -0.1) is 5.10 Å². The molecule has 148 valence electrons. The van der Waals surface area contributed by atoms with Crippen molar-refractivity contribution in [2.24, 2.45) is 0 Å². The summed E-state index contributed by atoms with van der Waals surface area (Å²) in [6.07, 6.45) is 1.15. The van der Waals surface area contributed by atoms with E-state index in [2.05, 4.69) is 15.5 Å². The van der Waals surface area contributed by atoms with E-state index in [0.29, 0.717) is 11.3 Å². The number of carbonyl (C=O) groups excluding carboxylic acids is 2. The Morgan fingerprint density at radius 2 is 1.86 bits per heavy atom. The number of carbonyl (C=O) groups is 2. The van der Waals surface area contributed by atoms with Crippen molar-refractivity contribution in [3.05, 3.63) is 76.9 Å². The molecule has 1 aromatic heterocycles. The van der Waals surface area contributed by atoms with Gasteiger partial charge in [0.1, 0.15) is 11.6 Å². The van der Waals surface area contributed by atoms with Crippen LogP contribution in [0.1, 0.15) is 12.5 Å². The first-order valence-corrected chi connectivity index (χ1v) is 8.84. The predicted molar refractivity (Wildman–Crippen MR) is 105 cm³/mol. The molecule has 6 nitrogen and oxygen atoms in total. The predicted octanol–water partition coefficient (Wildman–Crippen LogP) is 4.27. The minimum atomic E-state index is -0.610. The lowest BCUT2D eigenvalue weighted by Gasteiger charge is -2.20. The van der Waals surface area contributed by atoms with Crippen LogP contribution in [-0.4, -0.2) is 22.0 Å². The molecule has 0 aliphatic heterocycles. The van der Waals surface area contributed by atoms with Crippen LogP contribution in [0, 0.1) is 11.6 Å². The molecule has 0 unspecified atom stereocenters. The molecule has 0 saturated carbocycles. The van der Waals surface area contributed by atoms with E-state index < -0.39 is 17.5 Å². The van der Waals surface area contributed by atoms with Gasteiger partial charge in [0.05, 0.1) is 29.0 Å². The molecule has 2 aromatic carbocycles. The molecule has 0 saturated heterocycles. The fourth-order valence-corrected chi connectivity index (χ4v) is 2.85. The number of hydrogen-bond acceptors (Lipinski definition) is 4. The van der Waals surface area contributed by atoms with Gasteiger partial charge in [-0.05, 0) is 35.9 Å². The number of benzene rings is 2. The molecule has 3 rings (SSSR count). The quantitative estimate of drug-likeness (QED) is 0.673. The fourth-order valence-electron chi connectivity index (χ4n) is 2.66. The summed E-state index contributed by atoms with van der Waals surface area (Å²) in [6.45, 7) is 1.32. The number of amides is 2. The average molecular weight is 417 g/mol. The molecule has 0 aliphatic rings. The third-order valence-corrected chi connectivity index (χ3v) is 4.36. The molecule has 0 fully saturated rings. The van der Waals surface area contributed by atoms with Crippen molar-refractivity contribution in [2.45, 2.75) is 13.3 Å². The van der Waals surface area contributed by atoms with Crippen molar-refractivity contribution in [3.8, 4) is 0 Å². The minimum Gasteiger partial charge on any atom is -0.324 e. The summed E-state index contributed by atoms with van der Waals surface area (Å²) in [5.74, 6) is -1.74. The van der Waals surface area contributed by atoms with E-state index in [1.165, 1.54) is 60.5 Å². The van der Waals surface area contributed by atoms with Crippen molar-refractivity contribution in [3.63, 3.8) is 0 Å². The van der Waals surface area contributed by atoms with Gasteiger partial charge in [0.15, 0.2) is 5.82 Å². The maximum atomic E-state index is 13.5. The van der Waals surface area contributed by atoms with Crippen LogP contribution in [0.4, 0.5) is 26.0 Å². The Labute approximate surface area is 170 Å². The highest BCUT2D eigenvalue weighted by molar-refractivity contribution is 6.31. The lowest BCUT2D eigenvalue weighted by Crippen LogP contribution is -2.24. The van der Waals surface area contributed by atoms with Crippen molar-refractivity contribution in [1.29, 1.82) is 0 Å². The van der Waals surface area contributed by atoms with Crippen LogP contribution in [0.5, 0.6) is 0 Å². The van der Waals surface area contributed by atoms with Crippen LogP contribution in [0.25, 0.3) is 0 Å². The lowest BCUT2D eigenvalue weighted by atomic mass is 10.1. The second kappa shape index (κ2) is 8.74. The standard InChI is InChI=1S/C20H15ClF2N4O2/c1-12(28)27(16-7-5-14(22)6-8-16)18-10-15(11-24-26-18)25-19(29)9-13-3-2-4-17(23)20(13)21/h2-8,10-11H,9H2,1H3,(H,25,26,29). The first kappa shape index (κ1) is 20.3. The first-order chi connectivity index (χ1) is 13.8. The topological polar surface area (TPSA) is 75.2 Å². The third kappa shape index (κ3) is 4.91. The molecule has 29 heavy (non-hydrogen) atoms. The van der Waals surface area contributed by atoms with Gasteiger partial charge < -0.3 is 5.32 Å². The van der Waals surface area contributed by atoms with Gasteiger partial charge in [-0.2, -0.15) is 5.10 Å². The molecule has 1 heterocycles. The third-order valence-electron chi connectivity index (χ3n) is 3.94. The van der Waals surface area contributed by atoms with Crippen LogP contribution in [0.15, 0.2) is 54.7 Å². The number of halogens is 3. The van der Waals surface area contributed by atoms with Crippen LogP contribution in [0.3, 0.4) is 0 Å². The van der Waals surface area contributed by atoms with Crippen LogP contribution in [-0.2, 0) is 16.0 Å². The van der Waals surface area contributed by atoms with Gasteiger partial charge in [0.2, 0.25) is 11.8 Å². The number of nitrogens with zero attached hydrogens (tertiary/aromatic N) is 3. The largest absolute Gasteiger partial charge is 0.324 e.